The number of rotatable bonds is 4. The third-order valence-corrected chi connectivity index (χ3v) is 3.95. The Balaban J connectivity index is 0.00000220. The van der Waals surface area contributed by atoms with Crippen molar-refractivity contribution in [2.24, 2.45) is 0 Å². The van der Waals surface area contributed by atoms with Gasteiger partial charge >= 0.3 is 0 Å². The SMILES string of the molecule is CN(CC(=O)N1CCNCC1)Cc1ccc(Br)c(F)c1.Cl. The molecule has 0 spiro atoms. The van der Waals surface area contributed by atoms with E-state index in [0.717, 1.165) is 31.7 Å². The van der Waals surface area contributed by atoms with Crippen molar-refractivity contribution in [3.05, 3.63) is 34.1 Å². The average Bonchev–Trinajstić information content (AvgIpc) is 2.44. The van der Waals surface area contributed by atoms with Crippen LogP contribution in [0.1, 0.15) is 5.56 Å². The number of nitrogens with zero attached hydrogens (tertiary/aromatic N) is 2. The van der Waals surface area contributed by atoms with Crippen LogP contribution in [0.5, 0.6) is 0 Å². The summed E-state index contributed by atoms with van der Waals surface area (Å²) in [4.78, 5) is 15.9. The second-order valence-electron chi connectivity index (χ2n) is 5.05. The zero-order valence-electron chi connectivity index (χ0n) is 11.9. The predicted molar refractivity (Wildman–Crippen MR) is 87.1 cm³/mol. The maximum Gasteiger partial charge on any atom is 0.236 e. The topological polar surface area (TPSA) is 35.6 Å². The highest BCUT2D eigenvalue weighted by atomic mass is 79.9. The molecular formula is C14H20BrClFN3O. The second-order valence-corrected chi connectivity index (χ2v) is 5.91. The molecule has 21 heavy (non-hydrogen) atoms. The van der Waals surface area contributed by atoms with Crippen LogP contribution in [0.2, 0.25) is 0 Å². The van der Waals surface area contributed by atoms with Crippen LogP contribution in [0.15, 0.2) is 22.7 Å². The highest BCUT2D eigenvalue weighted by Crippen LogP contribution is 2.17. The number of nitrogens with one attached hydrogen (secondary N) is 1. The molecule has 1 aliphatic rings. The minimum Gasteiger partial charge on any atom is -0.339 e. The van der Waals surface area contributed by atoms with Crippen LogP contribution < -0.4 is 5.32 Å². The molecule has 0 aliphatic carbocycles. The zero-order valence-corrected chi connectivity index (χ0v) is 14.3. The van der Waals surface area contributed by atoms with E-state index >= 15 is 0 Å². The molecule has 118 valence electrons. The molecule has 1 aromatic rings. The van der Waals surface area contributed by atoms with Crippen molar-refractivity contribution in [3.8, 4) is 0 Å². The number of carbonyl (C=O) groups excluding carboxylic acids is 1. The maximum atomic E-state index is 13.4. The fraction of sp³-hybridized carbons (Fsp3) is 0.500. The fourth-order valence-electron chi connectivity index (χ4n) is 2.25. The molecule has 7 heteroatoms. The Hall–Kier alpha value is -0.690. The Morgan fingerprint density at radius 2 is 2.10 bits per heavy atom. The number of hydrogen-bond acceptors (Lipinski definition) is 3. The summed E-state index contributed by atoms with van der Waals surface area (Å²) in [6.45, 7) is 4.15. The number of likely N-dealkylation sites (N-methyl/N-ethyl adjacent to an activating group) is 1. The van der Waals surface area contributed by atoms with Gasteiger partial charge in [-0.15, -0.1) is 12.4 Å². The molecule has 0 atom stereocenters. The van der Waals surface area contributed by atoms with Gasteiger partial charge in [0, 0.05) is 32.7 Å². The molecule has 1 saturated heterocycles. The first-order valence-electron chi connectivity index (χ1n) is 6.67. The Morgan fingerprint density at radius 3 is 2.71 bits per heavy atom. The molecule has 0 bridgehead atoms. The normalized spacial score (nSPS) is 15.0. The third kappa shape index (κ3) is 5.54. The molecule has 1 fully saturated rings. The van der Waals surface area contributed by atoms with E-state index in [9.17, 15) is 9.18 Å². The number of amides is 1. The van der Waals surface area contributed by atoms with Gasteiger partial charge in [-0.05, 0) is 40.7 Å². The number of halogens is 3. The molecule has 1 aliphatic heterocycles. The molecule has 0 aromatic heterocycles. The van der Waals surface area contributed by atoms with Crippen molar-refractivity contribution in [2.45, 2.75) is 6.54 Å². The summed E-state index contributed by atoms with van der Waals surface area (Å²) in [5, 5.41) is 3.22. The lowest BCUT2D eigenvalue weighted by Gasteiger charge is -2.29. The van der Waals surface area contributed by atoms with Gasteiger partial charge in [0.15, 0.2) is 0 Å². The van der Waals surface area contributed by atoms with Gasteiger partial charge < -0.3 is 10.2 Å². The quantitative estimate of drug-likeness (QED) is 0.866. The Kier molecular flexibility index (Phi) is 7.59. The van der Waals surface area contributed by atoms with Gasteiger partial charge in [0.1, 0.15) is 5.82 Å². The van der Waals surface area contributed by atoms with E-state index in [-0.39, 0.29) is 24.1 Å². The lowest BCUT2D eigenvalue weighted by Crippen LogP contribution is -2.49. The van der Waals surface area contributed by atoms with Gasteiger partial charge in [0.2, 0.25) is 5.91 Å². The monoisotopic (exact) mass is 379 g/mol. The molecule has 1 aromatic carbocycles. The number of piperazine rings is 1. The number of carbonyl (C=O) groups is 1. The molecule has 1 N–H and O–H groups in total. The first-order chi connectivity index (χ1) is 9.56. The molecular weight excluding hydrogens is 361 g/mol. The van der Waals surface area contributed by atoms with Crippen molar-refractivity contribution in [1.82, 2.24) is 15.1 Å². The standard InChI is InChI=1S/C14H19BrFN3O.ClH/c1-18(9-11-2-3-12(15)13(16)8-11)10-14(20)19-6-4-17-5-7-19;/h2-3,8,17H,4-7,9-10H2,1H3;1H. The molecule has 4 nitrogen and oxygen atoms in total. The van der Waals surface area contributed by atoms with Crippen LogP contribution in [0.3, 0.4) is 0 Å². The maximum absolute atomic E-state index is 13.4. The molecule has 0 radical (unpaired) electrons. The van der Waals surface area contributed by atoms with Crippen LogP contribution in [-0.2, 0) is 11.3 Å². The predicted octanol–water partition coefficient (Wildman–Crippen LogP) is 1.87. The summed E-state index contributed by atoms with van der Waals surface area (Å²) in [5.41, 5.74) is 0.862. The Labute approximate surface area is 139 Å². The largest absolute Gasteiger partial charge is 0.339 e. The summed E-state index contributed by atoms with van der Waals surface area (Å²) in [5.74, 6) is -0.143. The van der Waals surface area contributed by atoms with Gasteiger partial charge in [0.05, 0.1) is 11.0 Å². The van der Waals surface area contributed by atoms with Crippen molar-refractivity contribution >= 4 is 34.2 Å². The molecule has 2 rings (SSSR count). The van der Waals surface area contributed by atoms with Gasteiger partial charge in [-0.25, -0.2) is 4.39 Å². The summed E-state index contributed by atoms with van der Waals surface area (Å²) < 4.78 is 13.9. The molecule has 0 unspecified atom stereocenters. The lowest BCUT2D eigenvalue weighted by molar-refractivity contribution is -0.132. The number of benzene rings is 1. The van der Waals surface area contributed by atoms with Crippen molar-refractivity contribution in [2.75, 3.05) is 39.8 Å². The first-order valence-corrected chi connectivity index (χ1v) is 7.46. The minimum absolute atomic E-state index is 0. The van der Waals surface area contributed by atoms with Crippen molar-refractivity contribution in [3.63, 3.8) is 0 Å². The van der Waals surface area contributed by atoms with Crippen LogP contribution in [0.25, 0.3) is 0 Å². The highest BCUT2D eigenvalue weighted by molar-refractivity contribution is 9.10. The van der Waals surface area contributed by atoms with E-state index in [1.807, 2.05) is 22.9 Å². The lowest BCUT2D eigenvalue weighted by atomic mass is 10.2. The fourth-order valence-corrected chi connectivity index (χ4v) is 2.50. The van der Waals surface area contributed by atoms with Crippen molar-refractivity contribution < 1.29 is 9.18 Å². The summed E-state index contributed by atoms with van der Waals surface area (Å²) in [7, 11) is 1.88. The molecule has 1 amide bonds. The summed E-state index contributed by atoms with van der Waals surface area (Å²) in [6.07, 6.45) is 0. The van der Waals surface area contributed by atoms with E-state index in [1.165, 1.54) is 6.07 Å². The van der Waals surface area contributed by atoms with Crippen molar-refractivity contribution in [1.29, 1.82) is 0 Å². The van der Waals surface area contributed by atoms with Crippen LogP contribution in [-0.4, -0.2) is 55.5 Å². The molecule has 0 saturated carbocycles. The van der Waals surface area contributed by atoms with E-state index < -0.39 is 0 Å². The summed E-state index contributed by atoms with van der Waals surface area (Å²) in [6, 6.07) is 5.05. The smallest absolute Gasteiger partial charge is 0.236 e. The van der Waals surface area contributed by atoms with Crippen LogP contribution in [0.4, 0.5) is 4.39 Å². The van der Waals surface area contributed by atoms with E-state index in [4.69, 9.17) is 0 Å². The Bertz CT molecular complexity index is 483. The molecule has 1 heterocycles. The highest BCUT2D eigenvalue weighted by Gasteiger charge is 2.17. The average molecular weight is 381 g/mol. The van der Waals surface area contributed by atoms with Gasteiger partial charge in [0.25, 0.3) is 0 Å². The van der Waals surface area contributed by atoms with Gasteiger partial charge in [-0.2, -0.15) is 0 Å². The summed E-state index contributed by atoms with van der Waals surface area (Å²) >= 11 is 3.13. The van der Waals surface area contributed by atoms with Crippen LogP contribution >= 0.6 is 28.3 Å². The zero-order chi connectivity index (χ0) is 14.5. The number of hydrogen-bond donors (Lipinski definition) is 1. The minimum atomic E-state index is -0.274. The Morgan fingerprint density at radius 1 is 1.43 bits per heavy atom. The van der Waals surface area contributed by atoms with E-state index in [0.29, 0.717) is 17.6 Å². The van der Waals surface area contributed by atoms with E-state index in [1.54, 1.807) is 6.07 Å². The van der Waals surface area contributed by atoms with Gasteiger partial charge in [-0.3, -0.25) is 9.69 Å². The third-order valence-electron chi connectivity index (χ3n) is 3.31. The van der Waals surface area contributed by atoms with E-state index in [2.05, 4.69) is 21.2 Å². The van der Waals surface area contributed by atoms with Gasteiger partial charge in [-0.1, -0.05) is 6.07 Å². The van der Waals surface area contributed by atoms with Crippen LogP contribution in [0, 0.1) is 5.82 Å². The first kappa shape index (κ1) is 18.4. The second kappa shape index (κ2) is 8.68.